The van der Waals surface area contributed by atoms with E-state index >= 15 is 0 Å². The van der Waals surface area contributed by atoms with Crippen molar-refractivity contribution < 1.29 is 17.9 Å². The molecule has 1 saturated carbocycles. The average Bonchev–Trinajstić information content (AvgIpc) is 2.82. The van der Waals surface area contributed by atoms with Gasteiger partial charge in [-0.25, -0.2) is 13.1 Å². The molecule has 1 amide bonds. The normalized spacial score (nSPS) is 17.8. The van der Waals surface area contributed by atoms with Crippen LogP contribution in [0.3, 0.4) is 0 Å². The number of hydrogen-bond acceptors (Lipinski definition) is 4. The Balaban J connectivity index is 2.01. The van der Waals surface area contributed by atoms with E-state index < -0.39 is 16.1 Å². The number of ether oxygens (including phenoxy) is 1. The Kier molecular flexibility index (Phi) is 6.62. The Hall–Kier alpha value is -1.60. The fraction of sp³-hybridized carbons (Fsp3) is 0.588. The van der Waals surface area contributed by atoms with Gasteiger partial charge in [-0.05, 0) is 44.0 Å². The van der Waals surface area contributed by atoms with Crippen LogP contribution in [0, 0.1) is 0 Å². The van der Waals surface area contributed by atoms with Gasteiger partial charge in [0.15, 0.2) is 6.10 Å². The zero-order valence-electron chi connectivity index (χ0n) is 14.2. The average molecular weight is 354 g/mol. The standard InChI is InChI=1S/C17H26N2O4S/c1-13(17(20)18-2)23-15-9-11-16(12-10-15)24(21,22)19-14-7-5-3-4-6-8-14/h9-14,19H,3-8H2,1-2H3,(H,18,20)/t13-/m0/s1. The first-order chi connectivity index (χ1) is 11.4. The summed E-state index contributed by atoms with van der Waals surface area (Å²) in [6.07, 6.45) is 5.63. The van der Waals surface area contributed by atoms with Gasteiger partial charge < -0.3 is 10.1 Å². The molecule has 0 saturated heterocycles. The van der Waals surface area contributed by atoms with Crippen molar-refractivity contribution in [1.29, 1.82) is 0 Å². The fourth-order valence-corrected chi connectivity index (χ4v) is 4.15. The number of benzene rings is 1. The van der Waals surface area contributed by atoms with Gasteiger partial charge in [0.25, 0.3) is 5.91 Å². The third kappa shape index (κ3) is 5.21. The third-order valence-electron chi connectivity index (χ3n) is 4.24. The molecule has 24 heavy (non-hydrogen) atoms. The van der Waals surface area contributed by atoms with Gasteiger partial charge in [-0.3, -0.25) is 4.79 Å². The molecular weight excluding hydrogens is 328 g/mol. The van der Waals surface area contributed by atoms with Crippen LogP contribution in [0.25, 0.3) is 0 Å². The molecule has 2 rings (SSSR count). The number of amides is 1. The Morgan fingerprint density at radius 3 is 2.25 bits per heavy atom. The molecule has 7 heteroatoms. The minimum Gasteiger partial charge on any atom is -0.481 e. The number of nitrogens with one attached hydrogen (secondary N) is 2. The molecule has 1 fully saturated rings. The second-order valence-electron chi connectivity index (χ2n) is 6.16. The highest BCUT2D eigenvalue weighted by Crippen LogP contribution is 2.21. The molecule has 1 atom stereocenters. The molecular formula is C17H26N2O4S. The van der Waals surface area contributed by atoms with Gasteiger partial charge in [-0.15, -0.1) is 0 Å². The highest BCUT2D eigenvalue weighted by Gasteiger charge is 2.21. The number of hydrogen-bond donors (Lipinski definition) is 2. The first kappa shape index (κ1) is 18.7. The van der Waals surface area contributed by atoms with Gasteiger partial charge in [-0.2, -0.15) is 0 Å². The van der Waals surface area contributed by atoms with Gasteiger partial charge in [0.2, 0.25) is 10.0 Å². The summed E-state index contributed by atoms with van der Waals surface area (Å²) in [5.41, 5.74) is 0. The Labute approximate surface area is 144 Å². The van der Waals surface area contributed by atoms with E-state index in [4.69, 9.17) is 4.74 Å². The van der Waals surface area contributed by atoms with E-state index in [2.05, 4.69) is 10.0 Å². The monoisotopic (exact) mass is 354 g/mol. The molecule has 1 aliphatic carbocycles. The zero-order chi connectivity index (χ0) is 17.6. The highest BCUT2D eigenvalue weighted by atomic mass is 32.2. The Morgan fingerprint density at radius 1 is 1.12 bits per heavy atom. The van der Waals surface area contributed by atoms with Gasteiger partial charge >= 0.3 is 0 Å². The quantitative estimate of drug-likeness (QED) is 0.767. The molecule has 134 valence electrons. The summed E-state index contributed by atoms with van der Waals surface area (Å²) in [4.78, 5) is 11.7. The van der Waals surface area contributed by atoms with Crippen molar-refractivity contribution in [2.45, 2.75) is 62.5 Å². The summed E-state index contributed by atoms with van der Waals surface area (Å²) >= 11 is 0. The molecule has 0 spiro atoms. The molecule has 0 radical (unpaired) electrons. The molecule has 1 aliphatic rings. The van der Waals surface area contributed by atoms with Crippen molar-refractivity contribution in [2.75, 3.05) is 7.05 Å². The van der Waals surface area contributed by atoms with Crippen molar-refractivity contribution in [3.63, 3.8) is 0 Å². The van der Waals surface area contributed by atoms with E-state index in [-0.39, 0.29) is 16.8 Å². The SMILES string of the molecule is CNC(=O)[C@H](C)Oc1ccc(S(=O)(=O)NC2CCCCCC2)cc1. The molecule has 0 aromatic heterocycles. The lowest BCUT2D eigenvalue weighted by molar-refractivity contribution is -0.126. The molecule has 1 aromatic rings. The molecule has 1 aromatic carbocycles. The summed E-state index contributed by atoms with van der Waals surface area (Å²) < 4.78 is 33.2. The number of carbonyl (C=O) groups is 1. The lowest BCUT2D eigenvalue weighted by Crippen LogP contribution is -2.34. The number of carbonyl (C=O) groups excluding carboxylic acids is 1. The van der Waals surface area contributed by atoms with Gasteiger partial charge in [0.05, 0.1) is 4.90 Å². The summed E-state index contributed by atoms with van der Waals surface area (Å²) in [6.45, 7) is 1.64. The van der Waals surface area contributed by atoms with Gasteiger partial charge in [0, 0.05) is 13.1 Å². The zero-order valence-corrected chi connectivity index (χ0v) is 15.1. The summed E-state index contributed by atoms with van der Waals surface area (Å²) in [5.74, 6) is 0.223. The smallest absolute Gasteiger partial charge is 0.260 e. The van der Waals surface area contributed by atoms with Crippen molar-refractivity contribution in [3.05, 3.63) is 24.3 Å². The molecule has 0 heterocycles. The Morgan fingerprint density at radius 2 is 1.71 bits per heavy atom. The highest BCUT2D eigenvalue weighted by molar-refractivity contribution is 7.89. The van der Waals surface area contributed by atoms with Crippen LogP contribution in [0.15, 0.2) is 29.2 Å². The minimum atomic E-state index is -3.53. The van der Waals surface area contributed by atoms with E-state index in [0.717, 1.165) is 25.7 Å². The predicted octanol–water partition coefficient (Wildman–Crippen LogP) is 2.20. The van der Waals surface area contributed by atoms with Crippen LogP contribution in [-0.2, 0) is 14.8 Å². The van der Waals surface area contributed by atoms with E-state index in [1.165, 1.54) is 32.0 Å². The van der Waals surface area contributed by atoms with Gasteiger partial charge in [-0.1, -0.05) is 25.7 Å². The first-order valence-electron chi connectivity index (χ1n) is 8.43. The summed E-state index contributed by atoms with van der Waals surface area (Å²) in [6, 6.07) is 6.17. The number of sulfonamides is 1. The Bertz CT molecular complexity index is 635. The molecule has 2 N–H and O–H groups in total. The molecule has 0 unspecified atom stereocenters. The van der Waals surface area contributed by atoms with E-state index in [1.54, 1.807) is 19.1 Å². The van der Waals surface area contributed by atoms with Crippen LogP contribution >= 0.6 is 0 Å². The third-order valence-corrected chi connectivity index (χ3v) is 5.78. The van der Waals surface area contributed by atoms with Crippen molar-refractivity contribution in [1.82, 2.24) is 10.0 Å². The first-order valence-corrected chi connectivity index (χ1v) is 9.91. The molecule has 6 nitrogen and oxygen atoms in total. The topological polar surface area (TPSA) is 84.5 Å². The summed E-state index contributed by atoms with van der Waals surface area (Å²) in [5, 5.41) is 2.50. The van der Waals surface area contributed by atoms with Crippen molar-refractivity contribution >= 4 is 15.9 Å². The minimum absolute atomic E-state index is 0.0155. The van der Waals surface area contributed by atoms with Gasteiger partial charge in [0.1, 0.15) is 5.75 Å². The van der Waals surface area contributed by atoms with Crippen LogP contribution in [0.5, 0.6) is 5.75 Å². The van der Waals surface area contributed by atoms with E-state index in [9.17, 15) is 13.2 Å². The maximum Gasteiger partial charge on any atom is 0.260 e. The second kappa shape index (κ2) is 8.48. The largest absolute Gasteiger partial charge is 0.481 e. The van der Waals surface area contributed by atoms with Crippen LogP contribution in [0.2, 0.25) is 0 Å². The van der Waals surface area contributed by atoms with Crippen LogP contribution in [0.4, 0.5) is 0 Å². The maximum absolute atomic E-state index is 12.5. The number of likely N-dealkylation sites (N-methyl/N-ethyl adjacent to an activating group) is 1. The lowest BCUT2D eigenvalue weighted by atomic mass is 10.1. The van der Waals surface area contributed by atoms with Crippen LogP contribution in [-0.4, -0.2) is 33.5 Å². The van der Waals surface area contributed by atoms with Crippen LogP contribution < -0.4 is 14.8 Å². The van der Waals surface area contributed by atoms with E-state index in [1.807, 2.05) is 0 Å². The lowest BCUT2D eigenvalue weighted by Gasteiger charge is -2.17. The fourth-order valence-electron chi connectivity index (χ4n) is 2.84. The summed E-state index contributed by atoms with van der Waals surface area (Å²) in [7, 11) is -1.99. The maximum atomic E-state index is 12.5. The van der Waals surface area contributed by atoms with Crippen molar-refractivity contribution in [2.24, 2.45) is 0 Å². The van der Waals surface area contributed by atoms with Crippen molar-refractivity contribution in [3.8, 4) is 5.75 Å². The molecule has 0 aliphatic heterocycles. The van der Waals surface area contributed by atoms with Crippen LogP contribution in [0.1, 0.15) is 45.4 Å². The van der Waals surface area contributed by atoms with E-state index in [0.29, 0.717) is 5.75 Å². The predicted molar refractivity (Wildman–Crippen MR) is 92.4 cm³/mol. The number of rotatable bonds is 6. The second-order valence-corrected chi connectivity index (χ2v) is 7.87. The molecule has 0 bridgehead atoms.